The molecule has 1 aliphatic carbocycles. The number of rotatable bonds is 7. The average molecular weight is 501 g/mol. The number of hydrogen-bond acceptors (Lipinski definition) is 6. The second kappa shape index (κ2) is 10.4. The number of aromatic nitrogens is 1. The number of nitrogens with one attached hydrogen (secondary N) is 1. The first-order valence-electron chi connectivity index (χ1n) is 12.7. The SMILES string of the molecule is CC(C)Oc1ccc(-c2ncc(-c3cccc4c3CC[C@H]4NCC(=O)N3CC[C@H](C)C3)s2)cc1C#N. The van der Waals surface area contributed by atoms with Crippen LogP contribution in [0, 0.1) is 17.2 Å². The largest absolute Gasteiger partial charge is 0.490 e. The van der Waals surface area contributed by atoms with Gasteiger partial charge in [0, 0.05) is 30.9 Å². The number of likely N-dealkylation sites (tertiary alicyclic amines) is 1. The van der Waals surface area contributed by atoms with E-state index in [0.717, 1.165) is 47.8 Å². The predicted molar refractivity (Wildman–Crippen MR) is 143 cm³/mol. The summed E-state index contributed by atoms with van der Waals surface area (Å²) in [7, 11) is 0. The van der Waals surface area contributed by atoms with Gasteiger partial charge in [-0.2, -0.15) is 5.26 Å². The fourth-order valence-corrected chi connectivity index (χ4v) is 6.19. The predicted octanol–water partition coefficient (Wildman–Crippen LogP) is 5.58. The van der Waals surface area contributed by atoms with E-state index in [1.54, 1.807) is 11.3 Å². The van der Waals surface area contributed by atoms with Crippen molar-refractivity contribution in [1.82, 2.24) is 15.2 Å². The second-order valence-electron chi connectivity index (χ2n) is 10.1. The van der Waals surface area contributed by atoms with Crippen LogP contribution in [0.4, 0.5) is 0 Å². The Balaban J connectivity index is 1.32. The molecule has 7 heteroatoms. The van der Waals surface area contributed by atoms with Crippen LogP contribution < -0.4 is 10.1 Å². The summed E-state index contributed by atoms with van der Waals surface area (Å²) in [5.74, 6) is 1.41. The molecule has 3 aromatic rings. The quantitative estimate of drug-likeness (QED) is 0.458. The monoisotopic (exact) mass is 500 g/mol. The summed E-state index contributed by atoms with van der Waals surface area (Å²) in [5, 5.41) is 14.0. The van der Waals surface area contributed by atoms with Crippen LogP contribution in [0.3, 0.4) is 0 Å². The second-order valence-corrected chi connectivity index (χ2v) is 11.1. The first kappa shape index (κ1) is 24.5. The third kappa shape index (κ3) is 5.02. The Hall–Kier alpha value is -3.21. The summed E-state index contributed by atoms with van der Waals surface area (Å²) in [6.45, 7) is 8.26. The van der Waals surface area contributed by atoms with Crippen LogP contribution in [0.1, 0.15) is 56.3 Å². The van der Waals surface area contributed by atoms with E-state index >= 15 is 0 Å². The topological polar surface area (TPSA) is 78.2 Å². The molecule has 5 rings (SSSR count). The summed E-state index contributed by atoms with van der Waals surface area (Å²) in [4.78, 5) is 20.4. The van der Waals surface area contributed by atoms with Gasteiger partial charge in [0.2, 0.25) is 5.91 Å². The van der Waals surface area contributed by atoms with E-state index in [-0.39, 0.29) is 18.1 Å². The van der Waals surface area contributed by atoms with Gasteiger partial charge in [0.15, 0.2) is 0 Å². The number of carbonyl (C=O) groups excluding carboxylic acids is 1. The number of nitrogens with zero attached hydrogens (tertiary/aromatic N) is 3. The Kier molecular flexibility index (Phi) is 7.08. The first-order chi connectivity index (χ1) is 17.4. The molecular formula is C29H32N4O2S. The van der Waals surface area contributed by atoms with Crippen molar-refractivity contribution >= 4 is 17.2 Å². The van der Waals surface area contributed by atoms with Crippen molar-refractivity contribution in [2.75, 3.05) is 19.6 Å². The van der Waals surface area contributed by atoms with E-state index in [0.29, 0.717) is 23.8 Å². The Morgan fingerprint density at radius 3 is 2.92 bits per heavy atom. The van der Waals surface area contributed by atoms with Crippen molar-refractivity contribution in [1.29, 1.82) is 5.26 Å². The van der Waals surface area contributed by atoms with Gasteiger partial charge in [-0.3, -0.25) is 4.79 Å². The minimum absolute atomic E-state index is 0.00921. The summed E-state index contributed by atoms with van der Waals surface area (Å²) >= 11 is 1.64. The molecule has 0 unspecified atom stereocenters. The molecular weight excluding hydrogens is 468 g/mol. The summed E-state index contributed by atoms with van der Waals surface area (Å²) in [6, 6.07) is 14.6. The van der Waals surface area contributed by atoms with Gasteiger partial charge in [0.1, 0.15) is 16.8 Å². The van der Waals surface area contributed by atoms with Gasteiger partial charge in [-0.1, -0.05) is 25.1 Å². The van der Waals surface area contributed by atoms with Crippen molar-refractivity contribution in [3.63, 3.8) is 0 Å². The minimum Gasteiger partial charge on any atom is -0.490 e. The molecule has 1 fully saturated rings. The van der Waals surface area contributed by atoms with Crippen LogP contribution in [0.25, 0.3) is 21.0 Å². The van der Waals surface area contributed by atoms with Gasteiger partial charge in [0.25, 0.3) is 0 Å². The number of hydrogen-bond donors (Lipinski definition) is 1. The fraction of sp³-hybridized carbons (Fsp3) is 0.414. The van der Waals surface area contributed by atoms with Gasteiger partial charge in [-0.15, -0.1) is 11.3 Å². The van der Waals surface area contributed by atoms with Crippen LogP contribution in [-0.4, -0.2) is 41.5 Å². The van der Waals surface area contributed by atoms with Crippen molar-refractivity contribution in [3.8, 4) is 32.8 Å². The number of thiazole rings is 1. The molecule has 2 aromatic carbocycles. The zero-order chi connectivity index (χ0) is 25.2. The van der Waals surface area contributed by atoms with Crippen LogP contribution in [0.15, 0.2) is 42.6 Å². The molecule has 1 saturated heterocycles. The number of fused-ring (bicyclic) bond motifs is 1. The molecule has 6 nitrogen and oxygen atoms in total. The molecule has 1 N–H and O–H groups in total. The van der Waals surface area contributed by atoms with Gasteiger partial charge in [0.05, 0.1) is 23.1 Å². The van der Waals surface area contributed by atoms with Crippen LogP contribution >= 0.6 is 11.3 Å². The van der Waals surface area contributed by atoms with Crippen LogP contribution in [0.5, 0.6) is 5.75 Å². The molecule has 1 aliphatic heterocycles. The molecule has 2 atom stereocenters. The van der Waals surface area contributed by atoms with E-state index in [9.17, 15) is 10.1 Å². The fourth-order valence-electron chi connectivity index (χ4n) is 5.22. The zero-order valence-electron chi connectivity index (χ0n) is 21.1. The third-order valence-electron chi connectivity index (χ3n) is 7.03. The lowest BCUT2D eigenvalue weighted by molar-refractivity contribution is -0.129. The molecule has 0 radical (unpaired) electrons. The highest BCUT2D eigenvalue weighted by atomic mass is 32.1. The van der Waals surface area contributed by atoms with Crippen molar-refractivity contribution < 1.29 is 9.53 Å². The maximum Gasteiger partial charge on any atom is 0.236 e. The molecule has 186 valence electrons. The van der Waals surface area contributed by atoms with Gasteiger partial charge in [-0.25, -0.2) is 4.98 Å². The van der Waals surface area contributed by atoms with E-state index in [2.05, 4.69) is 41.5 Å². The van der Waals surface area contributed by atoms with Gasteiger partial charge < -0.3 is 15.0 Å². The van der Waals surface area contributed by atoms with Crippen molar-refractivity contribution in [2.45, 2.75) is 52.2 Å². The summed E-state index contributed by atoms with van der Waals surface area (Å²) in [5.41, 5.74) is 5.27. The maximum absolute atomic E-state index is 12.6. The molecule has 36 heavy (non-hydrogen) atoms. The maximum atomic E-state index is 12.6. The van der Waals surface area contributed by atoms with Crippen molar-refractivity contribution in [3.05, 3.63) is 59.3 Å². The van der Waals surface area contributed by atoms with E-state index in [1.165, 1.54) is 16.7 Å². The number of nitriles is 1. The van der Waals surface area contributed by atoms with Gasteiger partial charge >= 0.3 is 0 Å². The molecule has 1 amide bonds. The lowest BCUT2D eigenvalue weighted by Gasteiger charge is -2.19. The Morgan fingerprint density at radius 2 is 2.17 bits per heavy atom. The molecule has 2 heterocycles. The number of ether oxygens (including phenoxy) is 1. The molecule has 0 bridgehead atoms. The zero-order valence-corrected chi connectivity index (χ0v) is 21.9. The van der Waals surface area contributed by atoms with E-state index in [4.69, 9.17) is 4.74 Å². The normalized spacial score (nSPS) is 18.9. The summed E-state index contributed by atoms with van der Waals surface area (Å²) < 4.78 is 5.76. The highest BCUT2D eigenvalue weighted by Gasteiger charge is 2.28. The average Bonchev–Trinajstić information content (AvgIpc) is 3.62. The summed E-state index contributed by atoms with van der Waals surface area (Å²) in [6.07, 6.45) is 5.01. The number of carbonyl (C=O) groups is 1. The Labute approximate surface area is 216 Å². The third-order valence-corrected chi connectivity index (χ3v) is 8.11. The standard InChI is InChI=1S/C29H32N4O2S/c1-18(2)35-26-10-7-20(13-21(26)14-30)29-32-15-27(36-29)24-6-4-5-23-22(24)8-9-25(23)31-16-28(34)33-12-11-19(3)17-33/h4-7,10,13,15,18-19,25,31H,8-9,11-12,16-17H2,1-3H3/t19-,25+/m0/s1. The van der Waals surface area contributed by atoms with E-state index < -0.39 is 0 Å². The Bertz CT molecular complexity index is 1310. The van der Waals surface area contributed by atoms with Crippen molar-refractivity contribution in [2.24, 2.45) is 5.92 Å². The number of amides is 1. The van der Waals surface area contributed by atoms with Crippen LogP contribution in [-0.2, 0) is 11.2 Å². The lowest BCUT2D eigenvalue weighted by atomic mass is 10.0. The molecule has 1 aromatic heterocycles. The first-order valence-corrected chi connectivity index (χ1v) is 13.5. The van der Waals surface area contributed by atoms with Gasteiger partial charge in [-0.05, 0) is 73.9 Å². The molecule has 0 spiro atoms. The van der Waals surface area contributed by atoms with Crippen LogP contribution in [0.2, 0.25) is 0 Å². The minimum atomic E-state index is 0.00921. The number of benzene rings is 2. The van der Waals surface area contributed by atoms with E-state index in [1.807, 2.05) is 43.1 Å². The highest BCUT2D eigenvalue weighted by Crippen LogP contribution is 2.41. The Morgan fingerprint density at radius 1 is 1.31 bits per heavy atom. The smallest absolute Gasteiger partial charge is 0.236 e. The lowest BCUT2D eigenvalue weighted by Crippen LogP contribution is -2.37. The highest BCUT2D eigenvalue weighted by molar-refractivity contribution is 7.18. The molecule has 0 saturated carbocycles. The molecule has 2 aliphatic rings.